The fourth-order valence-corrected chi connectivity index (χ4v) is 3.21. The normalized spacial score (nSPS) is 13.2. The molecule has 0 aliphatic carbocycles. The summed E-state index contributed by atoms with van der Waals surface area (Å²) in [5.74, 6) is 2.39. The van der Waals surface area contributed by atoms with Crippen LogP contribution in [0.5, 0.6) is 5.75 Å². The number of furan rings is 1. The van der Waals surface area contributed by atoms with Crippen LogP contribution in [0.1, 0.15) is 33.0 Å². The van der Waals surface area contributed by atoms with E-state index in [2.05, 4.69) is 22.0 Å². The molecule has 20 heavy (non-hydrogen) atoms. The molecule has 1 aliphatic heterocycles. The number of halogens is 1. The third-order valence-electron chi connectivity index (χ3n) is 3.52. The van der Waals surface area contributed by atoms with Gasteiger partial charge in [0.25, 0.3) is 0 Å². The molecule has 3 rings (SSSR count). The first-order valence-corrected chi connectivity index (χ1v) is 7.38. The minimum absolute atomic E-state index is 0.0650. The highest BCUT2D eigenvalue weighted by molar-refractivity contribution is 9.10. The van der Waals surface area contributed by atoms with Crippen LogP contribution >= 0.6 is 15.9 Å². The third-order valence-corrected chi connectivity index (χ3v) is 3.98. The average Bonchev–Trinajstić information content (AvgIpc) is 2.95. The second-order valence-corrected chi connectivity index (χ2v) is 5.99. The summed E-state index contributed by atoms with van der Waals surface area (Å²) in [6, 6.07) is 5.82. The lowest BCUT2D eigenvalue weighted by Crippen LogP contribution is -2.05. The number of aryl methyl sites for hydroxylation is 2. The molecule has 2 heterocycles. The van der Waals surface area contributed by atoms with Gasteiger partial charge in [-0.2, -0.15) is 0 Å². The molecule has 1 aliphatic rings. The van der Waals surface area contributed by atoms with E-state index in [1.807, 2.05) is 19.9 Å². The number of hydrogen-bond acceptors (Lipinski definition) is 3. The zero-order chi connectivity index (χ0) is 14.3. The van der Waals surface area contributed by atoms with Crippen molar-refractivity contribution in [1.29, 1.82) is 0 Å². The summed E-state index contributed by atoms with van der Waals surface area (Å²) < 4.78 is 12.1. The van der Waals surface area contributed by atoms with Crippen molar-refractivity contribution in [2.45, 2.75) is 26.7 Å². The van der Waals surface area contributed by atoms with Crippen molar-refractivity contribution in [3.05, 3.63) is 50.9 Å². The summed E-state index contributed by atoms with van der Waals surface area (Å²) >= 11 is 3.50. The maximum absolute atomic E-state index is 12.4. The van der Waals surface area contributed by atoms with Crippen LogP contribution in [0, 0.1) is 13.8 Å². The van der Waals surface area contributed by atoms with Crippen molar-refractivity contribution in [3.63, 3.8) is 0 Å². The van der Waals surface area contributed by atoms with E-state index in [0.29, 0.717) is 24.4 Å². The summed E-state index contributed by atoms with van der Waals surface area (Å²) in [6.45, 7) is 4.36. The molecule has 4 heteroatoms. The fraction of sp³-hybridized carbons (Fsp3) is 0.312. The predicted molar refractivity (Wildman–Crippen MR) is 79.6 cm³/mol. The lowest BCUT2D eigenvalue weighted by molar-refractivity contribution is 0.0990. The molecule has 2 aromatic rings. The highest BCUT2D eigenvalue weighted by Gasteiger charge is 2.21. The molecule has 0 spiro atoms. The zero-order valence-corrected chi connectivity index (χ0v) is 13.0. The second kappa shape index (κ2) is 5.09. The summed E-state index contributed by atoms with van der Waals surface area (Å²) in [5.41, 5.74) is 2.77. The van der Waals surface area contributed by atoms with Gasteiger partial charge in [-0.25, -0.2) is 0 Å². The molecular weight excluding hydrogens is 320 g/mol. The Bertz CT molecular complexity index is 685. The summed E-state index contributed by atoms with van der Waals surface area (Å²) in [4.78, 5) is 12.4. The number of rotatable bonds is 3. The molecule has 0 radical (unpaired) electrons. The van der Waals surface area contributed by atoms with Gasteiger partial charge in [-0.1, -0.05) is 15.9 Å². The van der Waals surface area contributed by atoms with Gasteiger partial charge in [-0.05, 0) is 37.6 Å². The van der Waals surface area contributed by atoms with E-state index < -0.39 is 0 Å². The van der Waals surface area contributed by atoms with E-state index in [-0.39, 0.29) is 5.78 Å². The number of Topliss-reactive ketones (excluding diaryl/α,β-unsaturated/α-hetero) is 1. The largest absolute Gasteiger partial charge is 0.493 e. The van der Waals surface area contributed by atoms with E-state index >= 15 is 0 Å². The number of hydrogen-bond donors (Lipinski definition) is 0. The maximum Gasteiger partial charge on any atom is 0.170 e. The topological polar surface area (TPSA) is 39.4 Å². The molecule has 1 aromatic heterocycles. The third kappa shape index (κ3) is 2.40. The molecule has 3 nitrogen and oxygen atoms in total. The predicted octanol–water partition coefficient (Wildman–Crippen LogP) is 4.02. The molecule has 0 atom stereocenters. The Hall–Kier alpha value is -1.55. The smallest absolute Gasteiger partial charge is 0.170 e. The Morgan fingerprint density at radius 3 is 2.80 bits per heavy atom. The second-order valence-electron chi connectivity index (χ2n) is 5.08. The first-order valence-electron chi connectivity index (χ1n) is 6.59. The number of benzene rings is 1. The van der Waals surface area contributed by atoms with Crippen molar-refractivity contribution in [2.24, 2.45) is 0 Å². The number of fused-ring (bicyclic) bond motifs is 1. The first-order chi connectivity index (χ1) is 9.54. The van der Waals surface area contributed by atoms with Gasteiger partial charge in [0.15, 0.2) is 5.78 Å². The average molecular weight is 335 g/mol. The Kier molecular flexibility index (Phi) is 3.42. The number of ether oxygens (including phenoxy) is 1. The van der Waals surface area contributed by atoms with Gasteiger partial charge in [0.05, 0.1) is 12.2 Å². The zero-order valence-electron chi connectivity index (χ0n) is 11.5. The summed E-state index contributed by atoms with van der Waals surface area (Å²) in [5, 5.41) is 0. The van der Waals surface area contributed by atoms with Crippen LogP contribution < -0.4 is 4.74 Å². The SMILES string of the molecule is Cc1cc(C(=O)Cc2cc(Br)cc3c2OCC3)c(C)o1. The number of ketones is 1. The van der Waals surface area contributed by atoms with E-state index in [1.54, 1.807) is 6.07 Å². The summed E-state index contributed by atoms with van der Waals surface area (Å²) in [7, 11) is 0. The van der Waals surface area contributed by atoms with E-state index in [1.165, 1.54) is 5.56 Å². The highest BCUT2D eigenvalue weighted by Crippen LogP contribution is 2.34. The Balaban J connectivity index is 1.92. The molecule has 0 unspecified atom stereocenters. The molecule has 0 amide bonds. The van der Waals surface area contributed by atoms with Crippen LogP contribution in [0.25, 0.3) is 0 Å². The number of carbonyl (C=O) groups is 1. The maximum atomic E-state index is 12.4. The van der Waals surface area contributed by atoms with Gasteiger partial charge in [-0.3, -0.25) is 4.79 Å². The van der Waals surface area contributed by atoms with Crippen molar-refractivity contribution in [2.75, 3.05) is 6.61 Å². The Labute approximate surface area is 126 Å². The minimum Gasteiger partial charge on any atom is -0.493 e. The van der Waals surface area contributed by atoms with Crippen LogP contribution in [0.15, 0.2) is 27.1 Å². The fourth-order valence-electron chi connectivity index (χ4n) is 2.65. The lowest BCUT2D eigenvalue weighted by Gasteiger charge is -2.08. The molecule has 104 valence electrons. The van der Waals surface area contributed by atoms with Crippen molar-refractivity contribution < 1.29 is 13.9 Å². The summed E-state index contributed by atoms with van der Waals surface area (Å²) in [6.07, 6.45) is 1.24. The van der Waals surface area contributed by atoms with Crippen LogP contribution in [0.3, 0.4) is 0 Å². The van der Waals surface area contributed by atoms with Crippen LogP contribution in [0.2, 0.25) is 0 Å². The minimum atomic E-state index is 0.0650. The monoisotopic (exact) mass is 334 g/mol. The standard InChI is InChI=1S/C16H15BrO3/c1-9-5-14(10(2)20-9)15(18)8-12-7-13(17)6-11-3-4-19-16(11)12/h5-7H,3-4,8H2,1-2H3. The van der Waals surface area contributed by atoms with Gasteiger partial charge in [0.2, 0.25) is 0 Å². The Morgan fingerprint density at radius 1 is 1.30 bits per heavy atom. The van der Waals surface area contributed by atoms with Crippen LogP contribution in [-0.2, 0) is 12.8 Å². The van der Waals surface area contributed by atoms with Gasteiger partial charge < -0.3 is 9.15 Å². The van der Waals surface area contributed by atoms with Gasteiger partial charge in [0, 0.05) is 22.9 Å². The molecule has 0 saturated heterocycles. The van der Waals surface area contributed by atoms with Crippen molar-refractivity contribution in [1.82, 2.24) is 0 Å². The van der Waals surface area contributed by atoms with E-state index in [9.17, 15) is 4.79 Å². The number of carbonyl (C=O) groups excluding carboxylic acids is 1. The quantitative estimate of drug-likeness (QED) is 0.796. The van der Waals surface area contributed by atoms with E-state index in [4.69, 9.17) is 9.15 Å². The van der Waals surface area contributed by atoms with Crippen LogP contribution in [0.4, 0.5) is 0 Å². The molecule has 0 saturated carbocycles. The molecule has 0 N–H and O–H groups in total. The van der Waals surface area contributed by atoms with Crippen molar-refractivity contribution in [3.8, 4) is 5.75 Å². The van der Waals surface area contributed by atoms with Crippen molar-refractivity contribution >= 4 is 21.7 Å². The van der Waals surface area contributed by atoms with Gasteiger partial charge in [0.1, 0.15) is 17.3 Å². The molecular formula is C16H15BrO3. The van der Waals surface area contributed by atoms with E-state index in [0.717, 1.165) is 28.0 Å². The van der Waals surface area contributed by atoms with Crippen LogP contribution in [-0.4, -0.2) is 12.4 Å². The Morgan fingerprint density at radius 2 is 2.10 bits per heavy atom. The molecule has 1 aromatic carbocycles. The lowest BCUT2D eigenvalue weighted by atomic mass is 10.00. The van der Waals surface area contributed by atoms with Gasteiger partial charge >= 0.3 is 0 Å². The highest BCUT2D eigenvalue weighted by atomic mass is 79.9. The molecule has 0 bridgehead atoms. The molecule has 0 fully saturated rings. The van der Waals surface area contributed by atoms with Gasteiger partial charge in [-0.15, -0.1) is 0 Å². The first kappa shape index (κ1) is 13.4.